The lowest BCUT2D eigenvalue weighted by Gasteiger charge is -2.29. The van der Waals surface area contributed by atoms with E-state index >= 15 is 0 Å². The fraction of sp³-hybridized carbons (Fsp3) is 0.714. The maximum atomic E-state index is 12.2. The molecule has 6 heteroatoms. The molecule has 112 valence electrons. The van der Waals surface area contributed by atoms with Crippen LogP contribution in [0.15, 0.2) is 15.5 Å². The third-order valence-electron chi connectivity index (χ3n) is 3.69. The molecule has 2 rings (SSSR count). The summed E-state index contributed by atoms with van der Waals surface area (Å²) >= 11 is 3.41. The van der Waals surface area contributed by atoms with Gasteiger partial charge in [0.1, 0.15) is 4.47 Å². The smallest absolute Gasteiger partial charge is 0.283 e. The average molecular weight is 343 g/mol. The molecule has 1 aromatic heterocycles. The normalized spacial score (nSPS) is 22.8. The highest BCUT2D eigenvalue weighted by Gasteiger charge is 2.19. The SMILES string of the molecule is CCCCn1ncc(NC2CCNC(C)C2)c(Br)c1=O. The van der Waals surface area contributed by atoms with Crippen molar-refractivity contribution in [3.8, 4) is 0 Å². The van der Waals surface area contributed by atoms with Gasteiger partial charge in [0.25, 0.3) is 5.56 Å². The van der Waals surface area contributed by atoms with Crippen molar-refractivity contribution in [3.05, 3.63) is 21.0 Å². The molecule has 0 radical (unpaired) electrons. The minimum Gasteiger partial charge on any atom is -0.380 e. The van der Waals surface area contributed by atoms with Crippen molar-refractivity contribution in [2.24, 2.45) is 0 Å². The topological polar surface area (TPSA) is 59.0 Å². The average Bonchev–Trinajstić information content (AvgIpc) is 2.43. The molecule has 1 aliphatic rings. The fourth-order valence-corrected chi connectivity index (χ4v) is 2.94. The highest BCUT2D eigenvalue weighted by molar-refractivity contribution is 9.10. The zero-order valence-corrected chi connectivity index (χ0v) is 13.7. The summed E-state index contributed by atoms with van der Waals surface area (Å²) in [5.74, 6) is 0. The van der Waals surface area contributed by atoms with E-state index in [4.69, 9.17) is 0 Å². The van der Waals surface area contributed by atoms with Gasteiger partial charge in [-0.05, 0) is 48.7 Å². The van der Waals surface area contributed by atoms with Crippen LogP contribution in [0.1, 0.15) is 39.5 Å². The number of rotatable bonds is 5. The van der Waals surface area contributed by atoms with Crippen molar-refractivity contribution in [2.75, 3.05) is 11.9 Å². The zero-order chi connectivity index (χ0) is 14.5. The van der Waals surface area contributed by atoms with Gasteiger partial charge in [0.05, 0.1) is 11.9 Å². The summed E-state index contributed by atoms with van der Waals surface area (Å²) in [5.41, 5.74) is 0.757. The standard InChI is InChI=1S/C14H23BrN4O/c1-3-4-7-19-14(20)13(15)12(9-17-19)18-11-5-6-16-10(2)8-11/h9-11,16,18H,3-8H2,1-2H3. The molecular formula is C14H23BrN4O. The van der Waals surface area contributed by atoms with Crippen molar-refractivity contribution in [2.45, 2.75) is 58.2 Å². The van der Waals surface area contributed by atoms with Gasteiger partial charge < -0.3 is 10.6 Å². The molecule has 1 fully saturated rings. The van der Waals surface area contributed by atoms with E-state index in [0.717, 1.165) is 37.9 Å². The number of halogens is 1. The lowest BCUT2D eigenvalue weighted by molar-refractivity contribution is 0.396. The number of unbranched alkanes of at least 4 members (excludes halogenated alkanes) is 1. The van der Waals surface area contributed by atoms with Gasteiger partial charge in [-0.1, -0.05) is 13.3 Å². The van der Waals surface area contributed by atoms with E-state index in [0.29, 0.717) is 23.1 Å². The second-order valence-electron chi connectivity index (χ2n) is 5.47. The molecule has 2 atom stereocenters. The van der Waals surface area contributed by atoms with Crippen molar-refractivity contribution in [1.82, 2.24) is 15.1 Å². The van der Waals surface area contributed by atoms with Crippen LogP contribution in [0.5, 0.6) is 0 Å². The second-order valence-corrected chi connectivity index (χ2v) is 6.27. The fourth-order valence-electron chi connectivity index (χ4n) is 2.52. The molecule has 20 heavy (non-hydrogen) atoms. The first kappa shape index (κ1) is 15.5. The quantitative estimate of drug-likeness (QED) is 0.862. The van der Waals surface area contributed by atoms with Crippen molar-refractivity contribution < 1.29 is 0 Å². The molecule has 2 unspecified atom stereocenters. The third-order valence-corrected chi connectivity index (χ3v) is 4.46. The van der Waals surface area contributed by atoms with E-state index in [1.807, 2.05) is 0 Å². The largest absolute Gasteiger partial charge is 0.380 e. The summed E-state index contributed by atoms with van der Waals surface area (Å²) in [4.78, 5) is 12.2. The Morgan fingerprint density at radius 3 is 3.10 bits per heavy atom. The molecular weight excluding hydrogens is 320 g/mol. The summed E-state index contributed by atoms with van der Waals surface area (Å²) in [6.07, 6.45) is 5.91. The van der Waals surface area contributed by atoms with Crippen molar-refractivity contribution >= 4 is 21.6 Å². The lowest BCUT2D eigenvalue weighted by Crippen LogP contribution is -2.41. The maximum absolute atomic E-state index is 12.2. The first-order valence-corrected chi connectivity index (χ1v) is 8.16. The molecule has 0 aromatic carbocycles. The van der Waals surface area contributed by atoms with Crippen LogP contribution in [0.4, 0.5) is 5.69 Å². The van der Waals surface area contributed by atoms with Crippen LogP contribution in [-0.2, 0) is 6.54 Å². The van der Waals surface area contributed by atoms with Gasteiger partial charge in [-0.3, -0.25) is 4.79 Å². The first-order chi connectivity index (χ1) is 9.61. The van der Waals surface area contributed by atoms with Gasteiger partial charge >= 0.3 is 0 Å². The summed E-state index contributed by atoms with van der Waals surface area (Å²) in [6, 6.07) is 0.910. The zero-order valence-electron chi connectivity index (χ0n) is 12.2. The van der Waals surface area contributed by atoms with E-state index in [9.17, 15) is 4.79 Å². The molecule has 0 saturated carbocycles. The van der Waals surface area contributed by atoms with Gasteiger partial charge in [0, 0.05) is 18.6 Å². The monoisotopic (exact) mass is 342 g/mol. The van der Waals surface area contributed by atoms with E-state index in [1.165, 1.54) is 4.68 Å². The van der Waals surface area contributed by atoms with Crippen LogP contribution in [0.2, 0.25) is 0 Å². The molecule has 5 nitrogen and oxygen atoms in total. The van der Waals surface area contributed by atoms with E-state index < -0.39 is 0 Å². The Bertz CT molecular complexity index is 502. The van der Waals surface area contributed by atoms with Gasteiger partial charge in [-0.2, -0.15) is 5.10 Å². The Hall–Kier alpha value is -0.880. The highest BCUT2D eigenvalue weighted by atomic mass is 79.9. The number of aryl methyl sites for hydroxylation is 1. The lowest BCUT2D eigenvalue weighted by atomic mass is 10.0. The number of aromatic nitrogens is 2. The number of nitrogens with zero attached hydrogens (tertiary/aromatic N) is 2. The van der Waals surface area contributed by atoms with Gasteiger partial charge in [0.2, 0.25) is 0 Å². The molecule has 0 amide bonds. The predicted octanol–water partition coefficient (Wildman–Crippen LogP) is 2.36. The minimum absolute atomic E-state index is 0.0505. The highest BCUT2D eigenvalue weighted by Crippen LogP contribution is 2.20. The summed E-state index contributed by atoms with van der Waals surface area (Å²) in [7, 11) is 0. The van der Waals surface area contributed by atoms with Crippen LogP contribution in [-0.4, -0.2) is 28.4 Å². The molecule has 0 bridgehead atoms. The van der Waals surface area contributed by atoms with Crippen LogP contribution in [0.25, 0.3) is 0 Å². The number of nitrogens with one attached hydrogen (secondary N) is 2. The summed E-state index contributed by atoms with van der Waals surface area (Å²) < 4.78 is 2.12. The molecule has 2 N–H and O–H groups in total. The van der Waals surface area contributed by atoms with Gasteiger partial charge in [0.15, 0.2) is 0 Å². The molecule has 0 spiro atoms. The Kier molecular flexibility index (Phi) is 5.60. The second kappa shape index (κ2) is 7.22. The van der Waals surface area contributed by atoms with E-state index in [-0.39, 0.29) is 5.56 Å². The Balaban J connectivity index is 2.09. The van der Waals surface area contributed by atoms with Crippen LogP contribution < -0.4 is 16.2 Å². The number of hydrogen-bond acceptors (Lipinski definition) is 4. The third kappa shape index (κ3) is 3.82. The van der Waals surface area contributed by atoms with Crippen LogP contribution in [0, 0.1) is 0 Å². The Morgan fingerprint density at radius 2 is 2.40 bits per heavy atom. The number of anilines is 1. The van der Waals surface area contributed by atoms with E-state index in [1.54, 1.807) is 6.20 Å². The Morgan fingerprint density at radius 1 is 1.60 bits per heavy atom. The van der Waals surface area contributed by atoms with Crippen molar-refractivity contribution in [3.63, 3.8) is 0 Å². The van der Waals surface area contributed by atoms with Crippen LogP contribution in [0.3, 0.4) is 0 Å². The molecule has 1 saturated heterocycles. The molecule has 1 aliphatic heterocycles. The molecule has 0 aliphatic carbocycles. The van der Waals surface area contributed by atoms with Gasteiger partial charge in [-0.15, -0.1) is 0 Å². The van der Waals surface area contributed by atoms with Gasteiger partial charge in [-0.25, -0.2) is 4.68 Å². The van der Waals surface area contributed by atoms with Crippen LogP contribution >= 0.6 is 15.9 Å². The molecule has 1 aromatic rings. The van der Waals surface area contributed by atoms with E-state index in [2.05, 4.69) is 45.5 Å². The Labute approximate surface area is 128 Å². The molecule has 2 heterocycles. The number of piperidine rings is 1. The maximum Gasteiger partial charge on any atom is 0.283 e. The summed E-state index contributed by atoms with van der Waals surface area (Å²) in [5, 5.41) is 11.1. The predicted molar refractivity (Wildman–Crippen MR) is 85.2 cm³/mol. The van der Waals surface area contributed by atoms with Crippen molar-refractivity contribution in [1.29, 1.82) is 0 Å². The first-order valence-electron chi connectivity index (χ1n) is 7.37. The number of hydrogen-bond donors (Lipinski definition) is 2. The minimum atomic E-state index is -0.0505. The summed E-state index contributed by atoms with van der Waals surface area (Å²) in [6.45, 7) is 5.98.